The number of likely N-dealkylation sites (N-methyl/N-ethyl adjacent to an activating group) is 1. The van der Waals surface area contributed by atoms with E-state index in [1.54, 1.807) is 32.6 Å². The molecule has 130 valence electrons. The van der Waals surface area contributed by atoms with Gasteiger partial charge in [-0.2, -0.15) is 0 Å². The lowest BCUT2D eigenvalue weighted by Gasteiger charge is -2.04. The van der Waals surface area contributed by atoms with Crippen molar-refractivity contribution < 1.29 is 13.9 Å². The summed E-state index contributed by atoms with van der Waals surface area (Å²) in [5.74, 6) is 1.27. The summed E-state index contributed by atoms with van der Waals surface area (Å²) in [6.45, 7) is 0. The standard InChI is InChI=1S/C19H14N2O3S2/c1-21-18(22)16(26-19(21)25)8-14-7-12-9-20-10-15(17(12)24-14)11-3-5-13(23-2)6-4-11/h3-10H,1-2H3/b16-8+. The van der Waals surface area contributed by atoms with Gasteiger partial charge in [0, 0.05) is 36.5 Å². The number of carbonyl (C=O) groups is 1. The Kier molecular flexibility index (Phi) is 4.26. The van der Waals surface area contributed by atoms with Crippen LogP contribution < -0.4 is 4.74 Å². The molecule has 1 aromatic carbocycles. The van der Waals surface area contributed by atoms with Crippen LogP contribution in [0.15, 0.2) is 52.0 Å². The number of hydrogen-bond acceptors (Lipinski definition) is 6. The smallest absolute Gasteiger partial charge is 0.266 e. The lowest BCUT2D eigenvalue weighted by Crippen LogP contribution is -2.22. The average molecular weight is 382 g/mol. The summed E-state index contributed by atoms with van der Waals surface area (Å²) in [7, 11) is 3.30. The Hall–Kier alpha value is -2.64. The van der Waals surface area contributed by atoms with E-state index in [-0.39, 0.29) is 5.91 Å². The summed E-state index contributed by atoms with van der Waals surface area (Å²) in [4.78, 5) is 18.5. The molecule has 2 aromatic heterocycles. The number of methoxy groups -OCH3 is 1. The van der Waals surface area contributed by atoms with Crippen LogP contribution in [0.5, 0.6) is 5.75 Å². The molecule has 1 aliphatic rings. The summed E-state index contributed by atoms with van der Waals surface area (Å²) in [5, 5.41) is 0.872. The maximum Gasteiger partial charge on any atom is 0.266 e. The largest absolute Gasteiger partial charge is 0.497 e. The molecule has 0 radical (unpaired) electrons. The van der Waals surface area contributed by atoms with Crippen molar-refractivity contribution in [3.05, 3.63) is 53.4 Å². The predicted molar refractivity (Wildman–Crippen MR) is 107 cm³/mol. The van der Waals surface area contributed by atoms with Gasteiger partial charge >= 0.3 is 0 Å². The Morgan fingerprint density at radius 3 is 2.69 bits per heavy atom. The summed E-state index contributed by atoms with van der Waals surface area (Å²) in [6, 6.07) is 9.58. The second kappa shape index (κ2) is 6.59. The molecule has 1 amide bonds. The molecule has 1 aliphatic heterocycles. The molecule has 3 aromatic rings. The first-order valence-electron chi connectivity index (χ1n) is 7.80. The Morgan fingerprint density at radius 2 is 2.04 bits per heavy atom. The van der Waals surface area contributed by atoms with Crippen LogP contribution in [0.1, 0.15) is 5.76 Å². The fourth-order valence-electron chi connectivity index (χ4n) is 2.70. The summed E-state index contributed by atoms with van der Waals surface area (Å²) < 4.78 is 11.8. The topological polar surface area (TPSA) is 55.6 Å². The molecule has 0 atom stereocenters. The van der Waals surface area contributed by atoms with Gasteiger partial charge in [0.05, 0.1) is 12.0 Å². The molecule has 7 heteroatoms. The Bertz CT molecular complexity index is 1050. The first kappa shape index (κ1) is 16.8. The van der Waals surface area contributed by atoms with Crippen LogP contribution in [0.25, 0.3) is 28.2 Å². The van der Waals surface area contributed by atoms with Crippen LogP contribution in [-0.4, -0.2) is 34.3 Å². The van der Waals surface area contributed by atoms with Gasteiger partial charge in [-0.05, 0) is 23.8 Å². The van der Waals surface area contributed by atoms with E-state index in [0.29, 0.717) is 15.0 Å². The number of pyridine rings is 1. The van der Waals surface area contributed by atoms with Gasteiger partial charge in [0.1, 0.15) is 21.4 Å². The van der Waals surface area contributed by atoms with Crippen molar-refractivity contribution in [2.24, 2.45) is 0 Å². The number of rotatable bonds is 3. The van der Waals surface area contributed by atoms with Crippen LogP contribution >= 0.6 is 24.0 Å². The van der Waals surface area contributed by atoms with Gasteiger partial charge in [-0.25, -0.2) is 0 Å². The number of carbonyl (C=O) groups excluding carboxylic acids is 1. The molecule has 0 N–H and O–H groups in total. The molecule has 1 saturated heterocycles. The van der Waals surface area contributed by atoms with Crippen LogP contribution in [0.3, 0.4) is 0 Å². The predicted octanol–water partition coefficient (Wildman–Crippen LogP) is 4.33. The zero-order valence-corrected chi connectivity index (χ0v) is 15.7. The van der Waals surface area contributed by atoms with Crippen LogP contribution in [-0.2, 0) is 4.79 Å². The first-order valence-corrected chi connectivity index (χ1v) is 9.03. The molecule has 5 nitrogen and oxygen atoms in total. The SMILES string of the molecule is COc1ccc(-c2cncc3cc(/C=C4/SC(=S)N(C)C4=O)oc23)cc1. The minimum absolute atomic E-state index is 0.117. The molecular weight excluding hydrogens is 368 g/mol. The minimum atomic E-state index is -0.117. The second-order valence-corrected chi connectivity index (χ2v) is 7.40. The van der Waals surface area contributed by atoms with Gasteiger partial charge in [-0.15, -0.1) is 0 Å². The third-order valence-electron chi connectivity index (χ3n) is 4.10. The van der Waals surface area contributed by atoms with E-state index in [4.69, 9.17) is 21.4 Å². The highest BCUT2D eigenvalue weighted by molar-refractivity contribution is 8.26. The van der Waals surface area contributed by atoms with E-state index >= 15 is 0 Å². The van der Waals surface area contributed by atoms with E-state index in [2.05, 4.69) is 4.98 Å². The van der Waals surface area contributed by atoms with Crippen molar-refractivity contribution in [1.29, 1.82) is 0 Å². The van der Waals surface area contributed by atoms with Crippen molar-refractivity contribution in [2.45, 2.75) is 0 Å². The number of thiocarbonyl (C=S) groups is 1. The maximum absolute atomic E-state index is 12.2. The highest BCUT2D eigenvalue weighted by atomic mass is 32.2. The van der Waals surface area contributed by atoms with Gasteiger partial charge in [0.15, 0.2) is 0 Å². The summed E-state index contributed by atoms with van der Waals surface area (Å²) in [6.07, 6.45) is 5.23. The highest BCUT2D eigenvalue weighted by Crippen LogP contribution is 2.35. The summed E-state index contributed by atoms with van der Waals surface area (Å²) >= 11 is 6.43. The lowest BCUT2D eigenvalue weighted by molar-refractivity contribution is -0.121. The number of furan rings is 1. The van der Waals surface area contributed by atoms with Gasteiger partial charge in [0.2, 0.25) is 0 Å². The number of fused-ring (bicyclic) bond motifs is 1. The number of aromatic nitrogens is 1. The van der Waals surface area contributed by atoms with Gasteiger partial charge in [-0.3, -0.25) is 14.7 Å². The zero-order valence-electron chi connectivity index (χ0n) is 14.1. The molecular formula is C19H14N2O3S2. The van der Waals surface area contributed by atoms with Gasteiger partial charge < -0.3 is 9.15 Å². The van der Waals surface area contributed by atoms with Crippen molar-refractivity contribution in [3.63, 3.8) is 0 Å². The Labute approximate surface area is 159 Å². The Balaban J connectivity index is 1.76. The molecule has 4 rings (SSSR count). The number of nitrogens with zero attached hydrogens (tertiary/aromatic N) is 2. The normalized spacial score (nSPS) is 16.1. The highest BCUT2D eigenvalue weighted by Gasteiger charge is 2.29. The number of thioether (sulfide) groups is 1. The molecule has 0 spiro atoms. The molecule has 1 fully saturated rings. The molecule has 0 unspecified atom stereocenters. The quantitative estimate of drug-likeness (QED) is 0.496. The fraction of sp³-hybridized carbons (Fsp3) is 0.105. The average Bonchev–Trinajstić information content (AvgIpc) is 3.18. The minimum Gasteiger partial charge on any atom is -0.497 e. The number of ether oxygens (including phenoxy) is 1. The maximum atomic E-state index is 12.2. The molecule has 0 aliphatic carbocycles. The Morgan fingerprint density at radius 1 is 1.27 bits per heavy atom. The van der Waals surface area contributed by atoms with E-state index in [0.717, 1.165) is 27.8 Å². The molecule has 26 heavy (non-hydrogen) atoms. The van der Waals surface area contributed by atoms with Gasteiger partial charge in [-0.1, -0.05) is 36.1 Å². The summed E-state index contributed by atoms with van der Waals surface area (Å²) in [5.41, 5.74) is 2.58. The van der Waals surface area contributed by atoms with E-state index in [1.807, 2.05) is 30.3 Å². The van der Waals surface area contributed by atoms with Crippen LogP contribution in [0.2, 0.25) is 0 Å². The zero-order chi connectivity index (χ0) is 18.3. The second-order valence-electron chi connectivity index (χ2n) is 5.72. The van der Waals surface area contributed by atoms with E-state index < -0.39 is 0 Å². The molecule has 0 saturated carbocycles. The van der Waals surface area contributed by atoms with Crippen molar-refractivity contribution in [2.75, 3.05) is 14.2 Å². The van der Waals surface area contributed by atoms with Crippen LogP contribution in [0.4, 0.5) is 0 Å². The van der Waals surface area contributed by atoms with Crippen molar-refractivity contribution in [1.82, 2.24) is 9.88 Å². The van der Waals surface area contributed by atoms with Crippen molar-refractivity contribution >= 4 is 51.3 Å². The lowest BCUT2D eigenvalue weighted by atomic mass is 10.1. The van der Waals surface area contributed by atoms with Gasteiger partial charge in [0.25, 0.3) is 5.91 Å². The van der Waals surface area contributed by atoms with Crippen molar-refractivity contribution in [3.8, 4) is 16.9 Å². The number of benzene rings is 1. The third-order valence-corrected chi connectivity index (χ3v) is 5.59. The monoisotopic (exact) mass is 382 g/mol. The number of amides is 1. The van der Waals surface area contributed by atoms with E-state index in [1.165, 1.54) is 16.7 Å². The van der Waals surface area contributed by atoms with E-state index in [9.17, 15) is 4.79 Å². The molecule has 3 heterocycles. The fourth-order valence-corrected chi connectivity index (χ4v) is 3.86. The first-order chi connectivity index (χ1) is 12.6. The third kappa shape index (κ3) is 2.89. The van der Waals surface area contributed by atoms with Crippen LogP contribution in [0, 0.1) is 0 Å². The molecule has 0 bridgehead atoms. The number of hydrogen-bond donors (Lipinski definition) is 0.